The molecule has 1 aromatic rings. The van der Waals surface area contributed by atoms with Gasteiger partial charge in [0.1, 0.15) is 18.5 Å². The summed E-state index contributed by atoms with van der Waals surface area (Å²) in [5, 5.41) is 0. The third kappa shape index (κ3) is 4.39. The van der Waals surface area contributed by atoms with Crippen molar-refractivity contribution in [3.63, 3.8) is 0 Å². The third-order valence-corrected chi connectivity index (χ3v) is 4.50. The van der Waals surface area contributed by atoms with Crippen LogP contribution in [0.3, 0.4) is 0 Å². The molecule has 8 nitrogen and oxygen atoms in total. The summed E-state index contributed by atoms with van der Waals surface area (Å²) in [6.07, 6.45) is -0.480. The van der Waals surface area contributed by atoms with E-state index in [0.29, 0.717) is 37.7 Å². The molecule has 0 bridgehead atoms. The minimum atomic E-state index is -3.62. The van der Waals surface area contributed by atoms with Crippen LogP contribution < -0.4 is 9.80 Å². The average Bonchev–Trinajstić information content (AvgIpc) is 2.94. The fourth-order valence-electron chi connectivity index (χ4n) is 2.74. The molecule has 2 aliphatic rings. The highest BCUT2D eigenvalue weighted by Crippen LogP contribution is 2.28. The summed E-state index contributed by atoms with van der Waals surface area (Å²) >= 11 is 0. The SMILES string of the molecule is CS(=O)(=O)OCC1CN(c2ccc(N3CCOCC3)c(F)c2)C(=O)O1. The molecule has 10 heteroatoms. The predicted octanol–water partition coefficient (Wildman–Crippen LogP) is 0.964. The van der Waals surface area contributed by atoms with Crippen LogP contribution in [0.2, 0.25) is 0 Å². The Hall–Kier alpha value is -1.91. The molecule has 138 valence electrons. The standard InChI is InChI=1S/C15H19FN2O6S/c1-25(20,21)23-10-12-9-18(15(19)24-12)11-2-3-14(13(16)8-11)17-4-6-22-7-5-17/h2-3,8,12H,4-7,9-10H2,1H3. The Morgan fingerprint density at radius 3 is 2.68 bits per heavy atom. The minimum absolute atomic E-state index is 0.0880. The number of anilines is 2. The number of hydrogen-bond acceptors (Lipinski definition) is 7. The highest BCUT2D eigenvalue weighted by molar-refractivity contribution is 7.85. The van der Waals surface area contributed by atoms with Gasteiger partial charge in [-0.3, -0.25) is 9.08 Å². The van der Waals surface area contributed by atoms with Gasteiger partial charge in [0.05, 0.1) is 37.4 Å². The van der Waals surface area contributed by atoms with Crippen molar-refractivity contribution >= 4 is 27.6 Å². The first-order valence-corrected chi connectivity index (χ1v) is 9.60. The van der Waals surface area contributed by atoms with Crippen LogP contribution in [0.5, 0.6) is 0 Å². The van der Waals surface area contributed by atoms with E-state index in [-0.39, 0.29) is 13.2 Å². The van der Waals surface area contributed by atoms with Crippen molar-refractivity contribution in [3.8, 4) is 0 Å². The highest BCUT2D eigenvalue weighted by Gasteiger charge is 2.33. The second-order valence-corrected chi connectivity index (χ2v) is 7.48. The first kappa shape index (κ1) is 17.9. The summed E-state index contributed by atoms with van der Waals surface area (Å²) in [7, 11) is -3.62. The lowest BCUT2D eigenvalue weighted by atomic mass is 10.2. The molecule has 1 aromatic carbocycles. The largest absolute Gasteiger partial charge is 0.441 e. The van der Waals surface area contributed by atoms with Crippen molar-refractivity contribution in [2.45, 2.75) is 6.10 Å². The Morgan fingerprint density at radius 2 is 2.04 bits per heavy atom. The van der Waals surface area contributed by atoms with Crippen LogP contribution in [-0.4, -0.2) is 66.3 Å². The van der Waals surface area contributed by atoms with Gasteiger partial charge in [-0.1, -0.05) is 0 Å². The molecular formula is C15H19FN2O6S. The quantitative estimate of drug-likeness (QED) is 0.710. The maximum atomic E-state index is 14.5. The summed E-state index contributed by atoms with van der Waals surface area (Å²) in [5.41, 5.74) is 0.804. The van der Waals surface area contributed by atoms with E-state index in [1.807, 2.05) is 4.90 Å². The van der Waals surface area contributed by atoms with E-state index in [0.717, 1.165) is 6.26 Å². The molecule has 2 saturated heterocycles. The van der Waals surface area contributed by atoms with Crippen molar-refractivity contribution in [2.24, 2.45) is 0 Å². The molecule has 0 spiro atoms. The zero-order chi connectivity index (χ0) is 18.0. The lowest BCUT2D eigenvalue weighted by Gasteiger charge is -2.29. The second kappa shape index (κ2) is 7.14. The van der Waals surface area contributed by atoms with Gasteiger partial charge in [0, 0.05) is 13.1 Å². The van der Waals surface area contributed by atoms with Crippen LogP contribution in [0, 0.1) is 5.82 Å². The summed E-state index contributed by atoms with van der Waals surface area (Å²) < 4.78 is 51.4. The Bertz CT molecular complexity index is 750. The third-order valence-electron chi connectivity index (χ3n) is 3.94. The van der Waals surface area contributed by atoms with Crippen LogP contribution in [0.4, 0.5) is 20.6 Å². The summed E-state index contributed by atoms with van der Waals surface area (Å²) in [6, 6.07) is 4.52. The molecule has 3 rings (SSSR count). The topological polar surface area (TPSA) is 85.4 Å². The number of amides is 1. The number of carbonyl (C=O) groups excluding carboxylic acids is 1. The van der Waals surface area contributed by atoms with E-state index >= 15 is 0 Å². The van der Waals surface area contributed by atoms with Crippen LogP contribution >= 0.6 is 0 Å². The van der Waals surface area contributed by atoms with E-state index < -0.39 is 28.1 Å². The number of nitrogens with zero attached hydrogens (tertiary/aromatic N) is 2. The molecular weight excluding hydrogens is 355 g/mol. The lowest BCUT2D eigenvalue weighted by molar-refractivity contribution is 0.107. The Kier molecular flexibility index (Phi) is 5.11. The van der Waals surface area contributed by atoms with Gasteiger partial charge >= 0.3 is 6.09 Å². The molecule has 2 heterocycles. The van der Waals surface area contributed by atoms with Gasteiger partial charge < -0.3 is 14.4 Å². The summed E-state index contributed by atoms with van der Waals surface area (Å²) in [5.74, 6) is -0.442. The number of rotatable bonds is 5. The Morgan fingerprint density at radius 1 is 1.32 bits per heavy atom. The number of halogens is 1. The molecule has 2 aliphatic heterocycles. The molecule has 0 saturated carbocycles. The monoisotopic (exact) mass is 374 g/mol. The van der Waals surface area contributed by atoms with Crippen molar-refractivity contribution < 1.29 is 31.3 Å². The molecule has 1 amide bonds. The number of hydrogen-bond donors (Lipinski definition) is 0. The highest BCUT2D eigenvalue weighted by atomic mass is 32.2. The molecule has 0 aliphatic carbocycles. The number of benzene rings is 1. The maximum absolute atomic E-state index is 14.5. The molecule has 2 fully saturated rings. The molecule has 0 radical (unpaired) electrons. The fraction of sp³-hybridized carbons (Fsp3) is 0.533. The Labute approximate surface area is 145 Å². The van der Waals surface area contributed by atoms with E-state index in [1.165, 1.54) is 11.0 Å². The lowest BCUT2D eigenvalue weighted by Crippen LogP contribution is -2.36. The van der Waals surface area contributed by atoms with Gasteiger partial charge in [-0.15, -0.1) is 0 Å². The van der Waals surface area contributed by atoms with Gasteiger partial charge in [0.25, 0.3) is 10.1 Å². The van der Waals surface area contributed by atoms with Crippen LogP contribution in [-0.2, 0) is 23.8 Å². The zero-order valence-corrected chi connectivity index (χ0v) is 14.5. The minimum Gasteiger partial charge on any atom is -0.441 e. The van der Waals surface area contributed by atoms with Gasteiger partial charge in [-0.2, -0.15) is 8.42 Å². The molecule has 0 N–H and O–H groups in total. The normalized spacial score (nSPS) is 21.5. The Balaban J connectivity index is 1.69. The smallest absolute Gasteiger partial charge is 0.414 e. The van der Waals surface area contributed by atoms with Crippen molar-refractivity contribution in [1.29, 1.82) is 0 Å². The molecule has 0 aromatic heterocycles. The average molecular weight is 374 g/mol. The maximum Gasteiger partial charge on any atom is 0.414 e. The fourth-order valence-corrected chi connectivity index (χ4v) is 3.14. The first-order chi connectivity index (χ1) is 11.8. The predicted molar refractivity (Wildman–Crippen MR) is 87.8 cm³/mol. The van der Waals surface area contributed by atoms with E-state index in [4.69, 9.17) is 9.47 Å². The summed E-state index contributed by atoms with van der Waals surface area (Å²) in [4.78, 5) is 15.1. The van der Waals surface area contributed by atoms with Gasteiger partial charge in [-0.25, -0.2) is 9.18 Å². The van der Waals surface area contributed by atoms with Crippen LogP contribution in [0.25, 0.3) is 0 Å². The molecule has 1 atom stereocenters. The number of morpholine rings is 1. The van der Waals surface area contributed by atoms with Gasteiger partial charge in [-0.05, 0) is 18.2 Å². The van der Waals surface area contributed by atoms with Crippen LogP contribution in [0.1, 0.15) is 0 Å². The first-order valence-electron chi connectivity index (χ1n) is 7.78. The van der Waals surface area contributed by atoms with E-state index in [1.54, 1.807) is 12.1 Å². The number of cyclic esters (lactones) is 1. The van der Waals surface area contributed by atoms with Crippen LogP contribution in [0.15, 0.2) is 18.2 Å². The number of carbonyl (C=O) groups is 1. The van der Waals surface area contributed by atoms with Gasteiger partial charge in [0.2, 0.25) is 0 Å². The van der Waals surface area contributed by atoms with E-state index in [9.17, 15) is 17.6 Å². The molecule has 1 unspecified atom stereocenters. The van der Waals surface area contributed by atoms with E-state index in [2.05, 4.69) is 4.18 Å². The summed E-state index contributed by atoms with van der Waals surface area (Å²) in [6.45, 7) is 2.11. The van der Waals surface area contributed by atoms with Gasteiger partial charge in [0.15, 0.2) is 0 Å². The second-order valence-electron chi connectivity index (χ2n) is 5.84. The van der Waals surface area contributed by atoms with Crippen molar-refractivity contribution in [3.05, 3.63) is 24.0 Å². The zero-order valence-electron chi connectivity index (χ0n) is 13.7. The van der Waals surface area contributed by atoms with Crippen molar-refractivity contribution in [2.75, 3.05) is 55.5 Å². The number of ether oxygens (including phenoxy) is 2. The van der Waals surface area contributed by atoms with Crippen molar-refractivity contribution in [1.82, 2.24) is 0 Å². The molecule has 25 heavy (non-hydrogen) atoms.